The van der Waals surface area contributed by atoms with Gasteiger partial charge in [0.25, 0.3) is 0 Å². The summed E-state index contributed by atoms with van der Waals surface area (Å²) in [6.45, 7) is 2.57. The van der Waals surface area contributed by atoms with Crippen LogP contribution in [0.5, 0.6) is 0 Å². The Hall–Kier alpha value is -2.71. The SMILES string of the molecule is O=C(CN1CCCN(C(=O)CCS/C=C\c2ccccc2)CC1)Nc1ccc(F)cc1F. The van der Waals surface area contributed by atoms with E-state index < -0.39 is 11.6 Å². The lowest BCUT2D eigenvalue weighted by atomic mass is 10.2. The number of nitrogens with one attached hydrogen (secondary N) is 1. The van der Waals surface area contributed by atoms with Crippen LogP contribution >= 0.6 is 11.8 Å². The molecule has 0 bridgehead atoms. The molecule has 0 saturated carbocycles. The van der Waals surface area contributed by atoms with E-state index in [4.69, 9.17) is 0 Å². The summed E-state index contributed by atoms with van der Waals surface area (Å²) in [4.78, 5) is 28.6. The van der Waals surface area contributed by atoms with Crippen LogP contribution in [0.2, 0.25) is 0 Å². The zero-order chi connectivity index (χ0) is 22.8. The average Bonchev–Trinajstić information content (AvgIpc) is 3.02. The smallest absolute Gasteiger partial charge is 0.238 e. The number of anilines is 1. The van der Waals surface area contributed by atoms with Gasteiger partial charge in [-0.25, -0.2) is 8.78 Å². The van der Waals surface area contributed by atoms with E-state index in [-0.39, 0.29) is 24.0 Å². The Bertz CT molecular complexity index is 940. The fourth-order valence-corrected chi connectivity index (χ4v) is 4.11. The van der Waals surface area contributed by atoms with Crippen LogP contribution in [0.3, 0.4) is 0 Å². The van der Waals surface area contributed by atoms with Gasteiger partial charge in [0.15, 0.2) is 0 Å². The van der Waals surface area contributed by atoms with Gasteiger partial charge in [0, 0.05) is 44.4 Å². The summed E-state index contributed by atoms with van der Waals surface area (Å²) < 4.78 is 26.7. The predicted molar refractivity (Wildman–Crippen MR) is 125 cm³/mol. The van der Waals surface area contributed by atoms with Crippen LogP contribution in [0.25, 0.3) is 6.08 Å². The van der Waals surface area contributed by atoms with Crippen molar-refractivity contribution in [3.05, 3.63) is 71.1 Å². The van der Waals surface area contributed by atoms with Crippen LogP contribution in [0, 0.1) is 11.6 Å². The quantitative estimate of drug-likeness (QED) is 0.601. The summed E-state index contributed by atoms with van der Waals surface area (Å²) >= 11 is 1.61. The predicted octanol–water partition coefficient (Wildman–Crippen LogP) is 4.23. The normalized spacial score (nSPS) is 15.0. The van der Waals surface area contributed by atoms with Crippen LogP contribution in [0.4, 0.5) is 14.5 Å². The second-order valence-electron chi connectivity index (χ2n) is 7.52. The van der Waals surface area contributed by atoms with Gasteiger partial charge in [-0.3, -0.25) is 14.5 Å². The van der Waals surface area contributed by atoms with Crippen LogP contribution in [0.1, 0.15) is 18.4 Å². The summed E-state index contributed by atoms with van der Waals surface area (Å²) in [6, 6.07) is 13.1. The largest absolute Gasteiger partial charge is 0.341 e. The van der Waals surface area contributed by atoms with Crippen molar-refractivity contribution < 1.29 is 18.4 Å². The molecule has 2 amide bonds. The Kier molecular flexibility index (Phi) is 9.25. The zero-order valence-corrected chi connectivity index (χ0v) is 18.6. The van der Waals surface area contributed by atoms with Gasteiger partial charge in [-0.15, -0.1) is 11.8 Å². The Balaban J connectivity index is 1.37. The highest BCUT2D eigenvalue weighted by Gasteiger charge is 2.20. The summed E-state index contributed by atoms with van der Waals surface area (Å²) in [7, 11) is 0. The molecule has 0 aliphatic carbocycles. The van der Waals surface area contributed by atoms with E-state index in [1.807, 2.05) is 51.6 Å². The molecular weight excluding hydrogens is 432 g/mol. The third-order valence-electron chi connectivity index (χ3n) is 5.10. The molecule has 1 aliphatic rings. The Morgan fingerprint density at radius 3 is 2.62 bits per heavy atom. The van der Waals surface area contributed by atoms with Crippen LogP contribution in [0.15, 0.2) is 53.9 Å². The Labute approximate surface area is 191 Å². The van der Waals surface area contributed by atoms with E-state index >= 15 is 0 Å². The van der Waals surface area contributed by atoms with Crippen molar-refractivity contribution in [2.75, 3.05) is 43.8 Å². The Morgan fingerprint density at radius 2 is 1.84 bits per heavy atom. The molecule has 170 valence electrons. The van der Waals surface area contributed by atoms with Crippen molar-refractivity contribution in [2.24, 2.45) is 0 Å². The molecule has 0 radical (unpaired) electrons. The van der Waals surface area contributed by atoms with Crippen molar-refractivity contribution in [3.8, 4) is 0 Å². The van der Waals surface area contributed by atoms with E-state index in [9.17, 15) is 18.4 Å². The lowest BCUT2D eigenvalue weighted by Gasteiger charge is -2.21. The first kappa shape index (κ1) is 23.9. The summed E-state index contributed by atoms with van der Waals surface area (Å²) in [5, 5.41) is 4.49. The maximum Gasteiger partial charge on any atom is 0.238 e. The topological polar surface area (TPSA) is 52.7 Å². The van der Waals surface area contributed by atoms with Gasteiger partial charge in [0.2, 0.25) is 11.8 Å². The van der Waals surface area contributed by atoms with Gasteiger partial charge in [-0.05, 0) is 35.6 Å². The molecule has 2 aromatic rings. The number of carbonyl (C=O) groups is 2. The highest BCUT2D eigenvalue weighted by molar-refractivity contribution is 8.02. The number of nitrogens with zero attached hydrogens (tertiary/aromatic N) is 2. The van der Waals surface area contributed by atoms with E-state index in [2.05, 4.69) is 5.32 Å². The second kappa shape index (κ2) is 12.4. The molecule has 3 rings (SSSR count). The molecule has 1 N–H and O–H groups in total. The number of rotatable bonds is 8. The standard InChI is InChI=1S/C24H27F2N3O2S/c25-20-7-8-22(21(26)17-20)27-23(30)18-28-11-4-12-29(14-13-28)24(31)10-16-32-15-9-19-5-2-1-3-6-19/h1-3,5-9,15,17H,4,10-14,16,18H2,(H,27,30)/b15-9-. The lowest BCUT2D eigenvalue weighted by Crippen LogP contribution is -2.38. The molecule has 1 saturated heterocycles. The molecule has 1 heterocycles. The van der Waals surface area contributed by atoms with E-state index in [0.717, 1.165) is 24.1 Å². The minimum absolute atomic E-state index is 0.0400. The van der Waals surface area contributed by atoms with Gasteiger partial charge in [0.1, 0.15) is 11.6 Å². The first-order valence-electron chi connectivity index (χ1n) is 10.6. The van der Waals surface area contributed by atoms with Gasteiger partial charge in [-0.2, -0.15) is 0 Å². The van der Waals surface area contributed by atoms with E-state index in [1.54, 1.807) is 11.8 Å². The maximum atomic E-state index is 13.7. The van der Waals surface area contributed by atoms with E-state index in [0.29, 0.717) is 38.4 Å². The third-order valence-corrected chi connectivity index (χ3v) is 5.87. The van der Waals surface area contributed by atoms with Gasteiger partial charge in [0.05, 0.1) is 12.2 Å². The van der Waals surface area contributed by atoms with Crippen LogP contribution in [-0.2, 0) is 9.59 Å². The fourth-order valence-electron chi connectivity index (χ4n) is 3.43. The molecule has 5 nitrogen and oxygen atoms in total. The average molecular weight is 460 g/mol. The highest BCUT2D eigenvalue weighted by atomic mass is 32.2. The Morgan fingerprint density at radius 1 is 1.03 bits per heavy atom. The minimum Gasteiger partial charge on any atom is -0.341 e. The number of thioether (sulfide) groups is 1. The number of hydrogen-bond donors (Lipinski definition) is 1. The number of amides is 2. The van der Waals surface area contributed by atoms with Crippen molar-refractivity contribution >= 4 is 35.3 Å². The van der Waals surface area contributed by atoms with Crippen molar-refractivity contribution in [1.82, 2.24) is 9.80 Å². The number of carbonyl (C=O) groups excluding carboxylic acids is 2. The van der Waals surface area contributed by atoms with Crippen LogP contribution in [-0.4, -0.2) is 60.1 Å². The molecule has 8 heteroatoms. The van der Waals surface area contributed by atoms with Crippen molar-refractivity contribution in [2.45, 2.75) is 12.8 Å². The van der Waals surface area contributed by atoms with Gasteiger partial charge in [-0.1, -0.05) is 30.3 Å². The molecule has 0 aromatic heterocycles. The molecule has 1 fully saturated rings. The summed E-state index contributed by atoms with van der Waals surface area (Å²) in [5.74, 6) is -1.03. The number of halogens is 2. The first-order chi connectivity index (χ1) is 15.5. The third kappa shape index (κ3) is 7.76. The summed E-state index contributed by atoms with van der Waals surface area (Å²) in [6.07, 6.45) is 3.26. The molecule has 0 atom stereocenters. The molecule has 32 heavy (non-hydrogen) atoms. The highest BCUT2D eigenvalue weighted by Crippen LogP contribution is 2.15. The van der Waals surface area contributed by atoms with E-state index in [1.165, 1.54) is 6.07 Å². The molecular formula is C24H27F2N3O2S. The molecule has 0 spiro atoms. The van der Waals surface area contributed by atoms with Gasteiger partial charge >= 0.3 is 0 Å². The fraction of sp³-hybridized carbons (Fsp3) is 0.333. The molecule has 2 aromatic carbocycles. The monoisotopic (exact) mass is 459 g/mol. The number of hydrogen-bond acceptors (Lipinski definition) is 4. The minimum atomic E-state index is -0.803. The first-order valence-corrected chi connectivity index (χ1v) is 11.6. The zero-order valence-electron chi connectivity index (χ0n) is 17.8. The van der Waals surface area contributed by atoms with Crippen LogP contribution < -0.4 is 5.32 Å². The van der Waals surface area contributed by atoms with Gasteiger partial charge < -0.3 is 10.2 Å². The number of benzene rings is 2. The maximum absolute atomic E-state index is 13.7. The summed E-state index contributed by atoms with van der Waals surface area (Å²) in [5.41, 5.74) is 1.09. The van der Waals surface area contributed by atoms with Crippen molar-refractivity contribution in [1.29, 1.82) is 0 Å². The molecule has 1 aliphatic heterocycles. The van der Waals surface area contributed by atoms with Crippen molar-refractivity contribution in [3.63, 3.8) is 0 Å². The molecule has 0 unspecified atom stereocenters. The lowest BCUT2D eigenvalue weighted by molar-refractivity contribution is -0.130. The second-order valence-corrected chi connectivity index (χ2v) is 8.53.